The Balaban J connectivity index is 1.59. The Kier molecular flexibility index (Phi) is 7.79. The van der Waals surface area contributed by atoms with E-state index in [1.54, 1.807) is 0 Å². The zero-order valence-corrected chi connectivity index (χ0v) is 17.2. The summed E-state index contributed by atoms with van der Waals surface area (Å²) in [5, 5.41) is 2.91. The number of imidazole rings is 1. The Morgan fingerprint density at radius 1 is 1.00 bits per heavy atom. The lowest BCUT2D eigenvalue weighted by Gasteiger charge is -2.10. The molecule has 0 bridgehead atoms. The van der Waals surface area contributed by atoms with Gasteiger partial charge in [0.05, 0.1) is 11.0 Å². The number of nitrogens with one attached hydrogen (secondary N) is 1. The third-order valence-corrected chi connectivity index (χ3v) is 5.21. The second-order valence-corrected chi connectivity index (χ2v) is 7.45. The first-order valence-corrected chi connectivity index (χ1v) is 10.7. The molecule has 0 saturated heterocycles. The number of halogens is 1. The molecule has 0 unspecified atom stereocenters. The molecule has 29 heavy (non-hydrogen) atoms. The number of hydrogen-bond acceptors (Lipinski definition) is 2. The second-order valence-electron chi connectivity index (χ2n) is 7.45. The van der Waals surface area contributed by atoms with E-state index in [9.17, 15) is 9.18 Å². The number of carbonyl (C=O) groups is 1. The molecule has 3 aromatic rings. The number of aromatic nitrogens is 2. The Labute approximate surface area is 172 Å². The van der Waals surface area contributed by atoms with E-state index in [1.807, 2.05) is 18.2 Å². The highest BCUT2D eigenvalue weighted by atomic mass is 19.1. The molecular formula is C24H30FN3O. The van der Waals surface area contributed by atoms with Gasteiger partial charge in [-0.25, -0.2) is 9.37 Å². The molecule has 0 aliphatic rings. The predicted molar refractivity (Wildman–Crippen MR) is 116 cm³/mol. The van der Waals surface area contributed by atoms with Crippen molar-refractivity contribution in [2.24, 2.45) is 0 Å². The largest absolute Gasteiger partial charge is 0.352 e. The summed E-state index contributed by atoms with van der Waals surface area (Å²) in [6, 6.07) is 13.8. The molecule has 0 aliphatic heterocycles. The van der Waals surface area contributed by atoms with Crippen molar-refractivity contribution in [1.82, 2.24) is 14.9 Å². The van der Waals surface area contributed by atoms with Gasteiger partial charge in [0.2, 0.25) is 0 Å². The topological polar surface area (TPSA) is 46.9 Å². The summed E-state index contributed by atoms with van der Waals surface area (Å²) in [7, 11) is 0. The Morgan fingerprint density at radius 3 is 2.52 bits per heavy atom. The number of rotatable bonds is 11. The van der Waals surface area contributed by atoms with Gasteiger partial charge < -0.3 is 9.88 Å². The number of amides is 1. The van der Waals surface area contributed by atoms with Gasteiger partial charge in [0.25, 0.3) is 5.91 Å². The summed E-state index contributed by atoms with van der Waals surface area (Å²) >= 11 is 0. The minimum atomic E-state index is -0.343. The highest BCUT2D eigenvalue weighted by molar-refractivity contribution is 5.94. The van der Waals surface area contributed by atoms with E-state index in [1.165, 1.54) is 56.4 Å². The van der Waals surface area contributed by atoms with Crippen molar-refractivity contribution in [1.29, 1.82) is 0 Å². The highest BCUT2D eigenvalue weighted by Gasteiger charge is 2.11. The Hall–Kier alpha value is -2.69. The Morgan fingerprint density at radius 2 is 1.72 bits per heavy atom. The van der Waals surface area contributed by atoms with Crippen LogP contribution in [0.2, 0.25) is 0 Å². The highest BCUT2D eigenvalue weighted by Crippen LogP contribution is 2.18. The average molecular weight is 396 g/mol. The average Bonchev–Trinajstić information content (AvgIpc) is 3.08. The molecule has 4 nitrogen and oxygen atoms in total. The van der Waals surface area contributed by atoms with E-state index in [4.69, 9.17) is 4.98 Å². The van der Waals surface area contributed by atoms with Crippen LogP contribution in [0.5, 0.6) is 0 Å². The van der Waals surface area contributed by atoms with Crippen LogP contribution in [0.15, 0.2) is 48.5 Å². The summed E-state index contributed by atoms with van der Waals surface area (Å²) in [4.78, 5) is 17.0. The van der Waals surface area contributed by atoms with Crippen molar-refractivity contribution in [3.05, 3.63) is 65.7 Å². The van der Waals surface area contributed by atoms with Crippen LogP contribution < -0.4 is 5.32 Å². The van der Waals surface area contributed by atoms with Gasteiger partial charge in [0, 0.05) is 25.1 Å². The van der Waals surface area contributed by atoms with Crippen LogP contribution >= 0.6 is 0 Å². The number of nitrogens with zero attached hydrogens (tertiary/aromatic N) is 2. The smallest absolute Gasteiger partial charge is 0.251 e. The third kappa shape index (κ3) is 5.89. The lowest BCUT2D eigenvalue weighted by molar-refractivity contribution is 0.0954. The maximum atomic E-state index is 13.0. The van der Waals surface area contributed by atoms with Crippen LogP contribution in [0.1, 0.15) is 61.6 Å². The quantitative estimate of drug-likeness (QED) is 0.435. The minimum Gasteiger partial charge on any atom is -0.352 e. The molecule has 1 heterocycles. The first-order valence-electron chi connectivity index (χ1n) is 10.7. The SMILES string of the molecule is CCCCCCCCn1c(CCNC(=O)c2ccc(F)cc2)nc2ccccc21. The van der Waals surface area contributed by atoms with Crippen LogP contribution in [0.4, 0.5) is 4.39 Å². The monoisotopic (exact) mass is 395 g/mol. The maximum absolute atomic E-state index is 13.0. The van der Waals surface area contributed by atoms with Gasteiger partial charge in [-0.05, 0) is 42.8 Å². The molecule has 0 fully saturated rings. The zero-order chi connectivity index (χ0) is 20.5. The van der Waals surface area contributed by atoms with E-state index in [-0.39, 0.29) is 11.7 Å². The molecule has 0 radical (unpaired) electrons. The molecule has 0 saturated carbocycles. The number of para-hydroxylation sites is 2. The van der Waals surface area contributed by atoms with Gasteiger partial charge in [-0.2, -0.15) is 0 Å². The van der Waals surface area contributed by atoms with E-state index in [0.717, 1.165) is 29.8 Å². The molecule has 3 rings (SSSR count). The van der Waals surface area contributed by atoms with Crippen molar-refractivity contribution >= 4 is 16.9 Å². The molecule has 0 spiro atoms. The third-order valence-electron chi connectivity index (χ3n) is 5.21. The summed E-state index contributed by atoms with van der Waals surface area (Å²) in [6.07, 6.45) is 8.20. The minimum absolute atomic E-state index is 0.191. The number of fused-ring (bicyclic) bond motifs is 1. The van der Waals surface area contributed by atoms with Gasteiger partial charge in [0.1, 0.15) is 11.6 Å². The fourth-order valence-corrected chi connectivity index (χ4v) is 3.61. The molecule has 2 aromatic carbocycles. The van der Waals surface area contributed by atoms with Crippen molar-refractivity contribution in [2.45, 2.75) is 58.4 Å². The Bertz CT molecular complexity index is 918. The van der Waals surface area contributed by atoms with E-state index < -0.39 is 0 Å². The molecule has 1 amide bonds. The van der Waals surface area contributed by atoms with Gasteiger partial charge in [-0.15, -0.1) is 0 Å². The number of aryl methyl sites for hydroxylation is 1. The first kappa shape index (κ1) is 21.0. The molecule has 0 atom stereocenters. The van der Waals surface area contributed by atoms with Crippen LogP contribution in [-0.2, 0) is 13.0 Å². The normalized spacial score (nSPS) is 11.1. The standard InChI is InChI=1S/C24H30FN3O/c1-2-3-4-5-6-9-18-28-22-11-8-7-10-21(22)27-23(28)16-17-26-24(29)19-12-14-20(25)15-13-19/h7-8,10-15H,2-6,9,16-18H2,1H3,(H,26,29). The van der Waals surface area contributed by atoms with Crippen molar-refractivity contribution in [3.63, 3.8) is 0 Å². The molecule has 154 valence electrons. The lowest BCUT2D eigenvalue weighted by atomic mass is 10.1. The number of benzene rings is 2. The van der Waals surface area contributed by atoms with Crippen LogP contribution in [0.3, 0.4) is 0 Å². The molecular weight excluding hydrogens is 365 g/mol. The fourth-order valence-electron chi connectivity index (χ4n) is 3.61. The lowest BCUT2D eigenvalue weighted by Crippen LogP contribution is -2.26. The fraction of sp³-hybridized carbons (Fsp3) is 0.417. The van der Waals surface area contributed by atoms with E-state index in [2.05, 4.69) is 22.9 Å². The number of unbranched alkanes of at least 4 members (excludes halogenated alkanes) is 5. The summed E-state index contributed by atoms with van der Waals surface area (Å²) < 4.78 is 15.3. The number of carbonyl (C=O) groups excluding carboxylic acids is 1. The first-order chi connectivity index (χ1) is 14.2. The zero-order valence-electron chi connectivity index (χ0n) is 17.2. The molecule has 0 aliphatic carbocycles. The maximum Gasteiger partial charge on any atom is 0.251 e. The van der Waals surface area contributed by atoms with Crippen molar-refractivity contribution < 1.29 is 9.18 Å². The van der Waals surface area contributed by atoms with Crippen LogP contribution in [0, 0.1) is 5.82 Å². The predicted octanol–water partition coefficient (Wildman–Crippen LogP) is 5.51. The van der Waals surface area contributed by atoms with E-state index in [0.29, 0.717) is 18.5 Å². The summed E-state index contributed by atoms with van der Waals surface area (Å²) in [5.41, 5.74) is 2.62. The van der Waals surface area contributed by atoms with Crippen molar-refractivity contribution in [2.75, 3.05) is 6.54 Å². The molecule has 5 heteroatoms. The second kappa shape index (κ2) is 10.7. The van der Waals surface area contributed by atoms with Gasteiger partial charge in [0.15, 0.2) is 0 Å². The van der Waals surface area contributed by atoms with E-state index >= 15 is 0 Å². The number of hydrogen-bond donors (Lipinski definition) is 1. The molecule has 1 N–H and O–H groups in total. The summed E-state index contributed by atoms with van der Waals surface area (Å²) in [5.74, 6) is 0.465. The molecule has 1 aromatic heterocycles. The summed E-state index contributed by atoms with van der Waals surface area (Å²) in [6.45, 7) is 3.68. The van der Waals surface area contributed by atoms with Gasteiger partial charge in [-0.1, -0.05) is 51.2 Å². The van der Waals surface area contributed by atoms with Gasteiger partial charge in [-0.3, -0.25) is 4.79 Å². The van der Waals surface area contributed by atoms with Crippen molar-refractivity contribution in [3.8, 4) is 0 Å². The van der Waals surface area contributed by atoms with Crippen LogP contribution in [-0.4, -0.2) is 22.0 Å². The van der Waals surface area contributed by atoms with Gasteiger partial charge >= 0.3 is 0 Å². The van der Waals surface area contributed by atoms with Crippen LogP contribution in [0.25, 0.3) is 11.0 Å².